The lowest BCUT2D eigenvalue weighted by Gasteiger charge is -2.14. The number of aryl methyl sites for hydroxylation is 2. The Morgan fingerprint density at radius 1 is 1.12 bits per heavy atom. The van der Waals surface area contributed by atoms with Crippen molar-refractivity contribution in [3.05, 3.63) is 52.5 Å². The maximum Gasteiger partial charge on any atom is 0.262 e. The van der Waals surface area contributed by atoms with E-state index < -0.39 is 0 Å². The summed E-state index contributed by atoms with van der Waals surface area (Å²) in [5.41, 5.74) is 3.00. The number of rotatable bonds is 5. The van der Waals surface area contributed by atoms with Crippen molar-refractivity contribution in [3.63, 3.8) is 0 Å². The van der Waals surface area contributed by atoms with Crippen molar-refractivity contribution < 1.29 is 14.3 Å². The molecule has 0 saturated heterocycles. The van der Waals surface area contributed by atoms with E-state index in [0.717, 1.165) is 11.1 Å². The average Bonchev–Trinajstić information content (AvgIpc) is 2.49. The zero-order valence-electron chi connectivity index (χ0n) is 13.8. The first-order valence-corrected chi connectivity index (χ1v) is 7.80. The van der Waals surface area contributed by atoms with Gasteiger partial charge in [0.2, 0.25) is 5.91 Å². The second kappa shape index (κ2) is 7.84. The average molecular weight is 347 g/mol. The number of hydrogen-bond donors (Lipinski definition) is 2. The van der Waals surface area contributed by atoms with Gasteiger partial charge in [-0.3, -0.25) is 9.59 Å². The van der Waals surface area contributed by atoms with Crippen molar-refractivity contribution in [3.8, 4) is 5.75 Å². The lowest BCUT2D eigenvalue weighted by Crippen LogP contribution is -2.21. The Kier molecular flexibility index (Phi) is 5.82. The Balaban J connectivity index is 2.03. The molecule has 2 aromatic rings. The molecule has 0 fully saturated rings. The summed E-state index contributed by atoms with van der Waals surface area (Å²) in [6.45, 7) is 5.03. The highest BCUT2D eigenvalue weighted by Crippen LogP contribution is 2.27. The first-order valence-electron chi connectivity index (χ1n) is 7.43. The van der Waals surface area contributed by atoms with Crippen LogP contribution in [0, 0.1) is 13.8 Å². The Morgan fingerprint density at radius 2 is 1.83 bits per heavy atom. The molecule has 0 atom stereocenters. The number of nitrogens with one attached hydrogen (secondary N) is 2. The number of carbonyl (C=O) groups excluding carboxylic acids is 2. The number of halogens is 1. The molecule has 0 saturated carbocycles. The van der Waals surface area contributed by atoms with E-state index in [4.69, 9.17) is 16.3 Å². The third-order valence-electron chi connectivity index (χ3n) is 3.25. The monoisotopic (exact) mass is 346 g/mol. The molecule has 2 amide bonds. The minimum atomic E-state index is -0.332. The first-order chi connectivity index (χ1) is 11.4. The summed E-state index contributed by atoms with van der Waals surface area (Å²) in [5, 5.41) is 5.89. The molecule has 126 valence electrons. The molecule has 0 bridgehead atoms. The predicted octanol–water partition coefficient (Wildman–Crippen LogP) is 3.93. The standard InChI is InChI=1S/C18H19ClN2O3/c1-11-8-12(2)18(14(19)9-11)21-17(23)10-24-16-7-5-4-6-15(16)20-13(3)22/h4-9H,10H2,1-3H3,(H,20,22)(H,21,23). The Labute approximate surface area is 146 Å². The fourth-order valence-corrected chi connectivity index (χ4v) is 2.65. The molecular formula is C18H19ClN2O3. The smallest absolute Gasteiger partial charge is 0.262 e. The largest absolute Gasteiger partial charge is 0.482 e. The Morgan fingerprint density at radius 3 is 2.50 bits per heavy atom. The SMILES string of the molecule is CC(=O)Nc1ccccc1OCC(=O)Nc1c(C)cc(C)cc1Cl. The molecule has 5 nitrogen and oxygen atoms in total. The second-order valence-corrected chi connectivity index (χ2v) is 5.86. The van der Waals surface area contributed by atoms with Gasteiger partial charge in [0.15, 0.2) is 6.61 Å². The van der Waals surface area contributed by atoms with Crippen molar-refractivity contribution in [1.29, 1.82) is 0 Å². The zero-order valence-corrected chi connectivity index (χ0v) is 14.5. The molecule has 0 unspecified atom stereocenters. The summed E-state index contributed by atoms with van der Waals surface area (Å²) in [6.07, 6.45) is 0. The minimum Gasteiger partial charge on any atom is -0.482 e. The maximum atomic E-state index is 12.1. The van der Waals surface area contributed by atoms with Gasteiger partial charge in [-0.2, -0.15) is 0 Å². The number of carbonyl (C=O) groups is 2. The molecule has 2 aromatic carbocycles. The van der Waals surface area contributed by atoms with Crippen LogP contribution in [0.3, 0.4) is 0 Å². The van der Waals surface area contributed by atoms with E-state index in [2.05, 4.69) is 10.6 Å². The van der Waals surface area contributed by atoms with E-state index >= 15 is 0 Å². The summed E-state index contributed by atoms with van der Waals surface area (Å²) in [5.74, 6) is -0.117. The summed E-state index contributed by atoms with van der Waals surface area (Å²) in [7, 11) is 0. The van der Waals surface area contributed by atoms with E-state index in [0.29, 0.717) is 22.1 Å². The molecule has 6 heteroatoms. The topological polar surface area (TPSA) is 67.4 Å². The highest BCUT2D eigenvalue weighted by atomic mass is 35.5. The van der Waals surface area contributed by atoms with Crippen LogP contribution in [0.2, 0.25) is 5.02 Å². The molecule has 0 heterocycles. The Bertz CT molecular complexity index is 752. The lowest BCUT2D eigenvalue weighted by atomic mass is 10.1. The number of amides is 2. The molecule has 0 aliphatic carbocycles. The van der Waals surface area contributed by atoms with Gasteiger partial charge in [0.25, 0.3) is 5.91 Å². The molecule has 2 rings (SSSR count). The molecule has 24 heavy (non-hydrogen) atoms. The lowest BCUT2D eigenvalue weighted by molar-refractivity contribution is -0.118. The van der Waals surface area contributed by atoms with Crippen molar-refractivity contribution >= 4 is 34.8 Å². The third-order valence-corrected chi connectivity index (χ3v) is 3.55. The summed E-state index contributed by atoms with van der Waals surface area (Å²) in [6, 6.07) is 10.6. The maximum absolute atomic E-state index is 12.1. The molecule has 2 N–H and O–H groups in total. The third kappa shape index (κ3) is 4.73. The van der Waals surface area contributed by atoms with Crippen LogP contribution in [0.1, 0.15) is 18.1 Å². The summed E-state index contributed by atoms with van der Waals surface area (Å²) < 4.78 is 5.51. The molecule has 0 aromatic heterocycles. The summed E-state index contributed by atoms with van der Waals surface area (Å²) >= 11 is 6.18. The number of hydrogen-bond acceptors (Lipinski definition) is 3. The van der Waals surface area contributed by atoms with Crippen LogP contribution in [-0.2, 0) is 9.59 Å². The fourth-order valence-electron chi connectivity index (χ4n) is 2.28. The van der Waals surface area contributed by atoms with E-state index in [1.165, 1.54) is 6.92 Å². The predicted molar refractivity (Wildman–Crippen MR) is 95.8 cm³/mol. The van der Waals surface area contributed by atoms with Crippen molar-refractivity contribution in [1.82, 2.24) is 0 Å². The van der Waals surface area contributed by atoms with Crippen LogP contribution in [0.4, 0.5) is 11.4 Å². The van der Waals surface area contributed by atoms with Gasteiger partial charge >= 0.3 is 0 Å². The van der Waals surface area contributed by atoms with Gasteiger partial charge in [-0.15, -0.1) is 0 Å². The van der Waals surface area contributed by atoms with Gasteiger partial charge < -0.3 is 15.4 Å². The van der Waals surface area contributed by atoms with Crippen molar-refractivity contribution in [2.75, 3.05) is 17.2 Å². The molecule has 0 radical (unpaired) electrons. The molecular weight excluding hydrogens is 328 g/mol. The van der Waals surface area contributed by atoms with Crippen LogP contribution in [0.15, 0.2) is 36.4 Å². The van der Waals surface area contributed by atoms with Gasteiger partial charge in [-0.1, -0.05) is 29.8 Å². The number of benzene rings is 2. The molecule has 0 aliphatic heterocycles. The van der Waals surface area contributed by atoms with Crippen LogP contribution in [-0.4, -0.2) is 18.4 Å². The van der Waals surface area contributed by atoms with E-state index in [9.17, 15) is 9.59 Å². The van der Waals surface area contributed by atoms with Crippen LogP contribution in [0.5, 0.6) is 5.75 Å². The van der Waals surface area contributed by atoms with E-state index in [1.54, 1.807) is 30.3 Å². The van der Waals surface area contributed by atoms with Crippen molar-refractivity contribution in [2.24, 2.45) is 0 Å². The normalized spacial score (nSPS) is 10.2. The number of anilines is 2. The van der Waals surface area contributed by atoms with Gasteiger partial charge in [-0.25, -0.2) is 0 Å². The quantitative estimate of drug-likeness (QED) is 0.861. The van der Waals surface area contributed by atoms with Gasteiger partial charge in [0.1, 0.15) is 5.75 Å². The van der Waals surface area contributed by atoms with Gasteiger partial charge in [0, 0.05) is 6.92 Å². The van der Waals surface area contributed by atoms with Crippen LogP contribution < -0.4 is 15.4 Å². The number of ether oxygens (including phenoxy) is 1. The first kappa shape index (κ1) is 17.8. The minimum absolute atomic E-state index is 0.194. The van der Waals surface area contributed by atoms with Crippen molar-refractivity contribution in [2.45, 2.75) is 20.8 Å². The van der Waals surface area contributed by atoms with Gasteiger partial charge in [-0.05, 0) is 43.2 Å². The second-order valence-electron chi connectivity index (χ2n) is 5.45. The molecule has 0 aliphatic rings. The summed E-state index contributed by atoms with van der Waals surface area (Å²) in [4.78, 5) is 23.3. The van der Waals surface area contributed by atoms with Crippen LogP contribution in [0.25, 0.3) is 0 Å². The van der Waals surface area contributed by atoms with E-state index in [1.807, 2.05) is 19.9 Å². The van der Waals surface area contributed by atoms with Gasteiger partial charge in [0.05, 0.1) is 16.4 Å². The zero-order chi connectivity index (χ0) is 17.7. The highest BCUT2D eigenvalue weighted by molar-refractivity contribution is 6.34. The number of para-hydroxylation sites is 2. The fraction of sp³-hybridized carbons (Fsp3) is 0.222. The molecule has 0 spiro atoms. The van der Waals surface area contributed by atoms with Crippen LogP contribution >= 0.6 is 11.6 Å². The Hall–Kier alpha value is -2.53. The highest BCUT2D eigenvalue weighted by Gasteiger charge is 2.11. The van der Waals surface area contributed by atoms with E-state index in [-0.39, 0.29) is 18.4 Å².